The summed E-state index contributed by atoms with van der Waals surface area (Å²) < 4.78 is 0. The molecule has 0 atom stereocenters. The average Bonchev–Trinajstić information content (AvgIpc) is 2.82. The third-order valence-corrected chi connectivity index (χ3v) is 5.49. The zero-order chi connectivity index (χ0) is 16.2. The summed E-state index contributed by atoms with van der Waals surface area (Å²) in [4.78, 5) is 19.8. The summed E-state index contributed by atoms with van der Waals surface area (Å²) in [7, 11) is 0. The molecule has 0 saturated carbocycles. The van der Waals surface area contributed by atoms with Crippen LogP contribution in [0.3, 0.4) is 0 Å². The van der Waals surface area contributed by atoms with Gasteiger partial charge in [0, 0.05) is 30.4 Å². The Bertz CT molecular complexity index is 817. The van der Waals surface area contributed by atoms with E-state index >= 15 is 0 Å². The number of aryl methyl sites for hydroxylation is 2. The van der Waals surface area contributed by atoms with Crippen LogP contribution >= 0.6 is 11.3 Å². The number of hydrogen-bond acceptors (Lipinski definition) is 7. The van der Waals surface area contributed by atoms with Crippen LogP contribution in [0.15, 0.2) is 24.9 Å². The fraction of sp³-hybridized carbons (Fsp3) is 0.412. The normalized spacial score (nSPS) is 14.2. The first-order chi connectivity index (χ1) is 11.9. The zero-order valence-corrected chi connectivity index (χ0v) is 14.3. The van der Waals surface area contributed by atoms with E-state index in [1.54, 1.807) is 24.9 Å². The summed E-state index contributed by atoms with van der Waals surface area (Å²) >= 11 is 1.84. The van der Waals surface area contributed by atoms with Crippen LogP contribution in [-0.4, -0.2) is 33.0 Å². The minimum atomic E-state index is 0.760. The number of thiophene rings is 1. The molecule has 0 unspecified atom stereocenters. The summed E-state index contributed by atoms with van der Waals surface area (Å²) in [6, 6.07) is 0. The van der Waals surface area contributed by atoms with E-state index in [0.29, 0.717) is 0 Å². The van der Waals surface area contributed by atoms with Crippen molar-refractivity contribution in [3.8, 4) is 0 Å². The Balaban J connectivity index is 1.48. The number of hydrogen-bond donors (Lipinski definition) is 2. The van der Waals surface area contributed by atoms with Crippen molar-refractivity contribution in [3.05, 3.63) is 35.4 Å². The van der Waals surface area contributed by atoms with E-state index in [0.717, 1.165) is 36.0 Å². The molecule has 0 amide bonds. The number of rotatable bonds is 5. The second-order valence-electron chi connectivity index (χ2n) is 5.91. The summed E-state index contributed by atoms with van der Waals surface area (Å²) in [6.07, 6.45) is 13.0. The smallest absolute Gasteiger partial charge is 0.144 e. The second-order valence-corrected chi connectivity index (χ2v) is 6.99. The van der Waals surface area contributed by atoms with Crippen LogP contribution in [0.25, 0.3) is 10.2 Å². The molecule has 2 N–H and O–H groups in total. The molecule has 0 spiro atoms. The molecule has 0 saturated heterocycles. The van der Waals surface area contributed by atoms with Gasteiger partial charge in [0.15, 0.2) is 0 Å². The van der Waals surface area contributed by atoms with E-state index in [-0.39, 0.29) is 0 Å². The maximum Gasteiger partial charge on any atom is 0.144 e. The molecule has 24 heavy (non-hydrogen) atoms. The molecular formula is C17H20N6S. The lowest BCUT2D eigenvalue weighted by atomic mass is 10.1. The van der Waals surface area contributed by atoms with Gasteiger partial charge in [0.05, 0.1) is 11.6 Å². The van der Waals surface area contributed by atoms with Gasteiger partial charge < -0.3 is 10.6 Å². The topological polar surface area (TPSA) is 75.6 Å². The quantitative estimate of drug-likeness (QED) is 0.548. The van der Waals surface area contributed by atoms with Gasteiger partial charge in [-0.25, -0.2) is 15.0 Å². The minimum absolute atomic E-state index is 0.760. The van der Waals surface area contributed by atoms with Crippen molar-refractivity contribution in [2.75, 3.05) is 23.7 Å². The van der Waals surface area contributed by atoms with Crippen LogP contribution in [0.5, 0.6) is 0 Å². The van der Waals surface area contributed by atoms with Gasteiger partial charge >= 0.3 is 0 Å². The lowest BCUT2D eigenvalue weighted by Crippen LogP contribution is -2.15. The Morgan fingerprint density at radius 1 is 0.958 bits per heavy atom. The molecule has 3 aromatic rings. The molecule has 0 radical (unpaired) electrons. The van der Waals surface area contributed by atoms with Crippen LogP contribution in [0.1, 0.15) is 29.7 Å². The van der Waals surface area contributed by atoms with Crippen LogP contribution in [0.2, 0.25) is 0 Å². The first-order valence-electron chi connectivity index (χ1n) is 8.41. The van der Waals surface area contributed by atoms with Crippen LogP contribution in [0.4, 0.5) is 11.6 Å². The van der Waals surface area contributed by atoms with Gasteiger partial charge in [-0.3, -0.25) is 4.98 Å². The van der Waals surface area contributed by atoms with Gasteiger partial charge in [-0.15, -0.1) is 11.3 Å². The Labute approximate surface area is 144 Å². The maximum atomic E-state index is 4.49. The van der Waals surface area contributed by atoms with Gasteiger partial charge in [0.2, 0.25) is 0 Å². The van der Waals surface area contributed by atoms with Crippen LogP contribution < -0.4 is 10.6 Å². The van der Waals surface area contributed by atoms with Gasteiger partial charge in [-0.05, 0) is 31.2 Å². The predicted octanol–water partition coefficient (Wildman–Crippen LogP) is 3.27. The van der Waals surface area contributed by atoms with Gasteiger partial charge in [-0.1, -0.05) is 6.42 Å². The highest BCUT2D eigenvalue weighted by Gasteiger charge is 2.18. The zero-order valence-electron chi connectivity index (χ0n) is 13.5. The van der Waals surface area contributed by atoms with Crippen LogP contribution in [-0.2, 0) is 12.8 Å². The Kier molecular flexibility index (Phi) is 4.51. The highest BCUT2D eigenvalue weighted by molar-refractivity contribution is 7.18. The number of nitrogens with one attached hydrogen (secondary N) is 2. The fourth-order valence-corrected chi connectivity index (χ4v) is 4.39. The molecule has 4 rings (SSSR count). The third-order valence-electron chi connectivity index (χ3n) is 4.29. The molecular weight excluding hydrogens is 320 g/mol. The van der Waals surface area contributed by atoms with Crippen molar-refractivity contribution in [1.82, 2.24) is 19.9 Å². The van der Waals surface area contributed by atoms with Crippen molar-refractivity contribution >= 4 is 33.2 Å². The number of fused-ring (bicyclic) bond motifs is 3. The fourth-order valence-electron chi connectivity index (χ4n) is 3.16. The van der Waals surface area contributed by atoms with Gasteiger partial charge in [0.1, 0.15) is 22.8 Å². The van der Waals surface area contributed by atoms with E-state index in [1.165, 1.54) is 41.5 Å². The van der Waals surface area contributed by atoms with E-state index in [2.05, 4.69) is 30.6 Å². The monoisotopic (exact) mass is 340 g/mol. The van der Waals surface area contributed by atoms with E-state index < -0.39 is 0 Å². The molecule has 0 fully saturated rings. The molecule has 0 aliphatic heterocycles. The van der Waals surface area contributed by atoms with Gasteiger partial charge in [-0.2, -0.15) is 0 Å². The van der Waals surface area contributed by atoms with Crippen molar-refractivity contribution in [1.29, 1.82) is 0 Å². The summed E-state index contributed by atoms with van der Waals surface area (Å²) in [6.45, 7) is 1.53. The number of anilines is 2. The SMILES string of the molecule is c1cnc(NCCNc2ncnc3sc4c(c23)CCCCC4)cn1. The minimum Gasteiger partial charge on any atom is -0.368 e. The highest BCUT2D eigenvalue weighted by Crippen LogP contribution is 2.37. The standard InChI is InChI=1S/C17H20N6S/c1-2-4-12-13(5-3-1)24-17-15(12)16(22-11-23-17)21-9-8-20-14-10-18-6-7-19-14/h6-7,10-11H,1-5,8-9H2,(H,19,20)(H,21,22,23). The Morgan fingerprint density at radius 3 is 2.79 bits per heavy atom. The lowest BCUT2D eigenvalue weighted by molar-refractivity contribution is 0.713. The Morgan fingerprint density at radius 2 is 1.88 bits per heavy atom. The average molecular weight is 340 g/mol. The van der Waals surface area contributed by atoms with Crippen molar-refractivity contribution in [2.24, 2.45) is 0 Å². The summed E-state index contributed by atoms with van der Waals surface area (Å²) in [5, 5.41) is 7.95. The van der Waals surface area contributed by atoms with E-state index in [1.807, 2.05) is 11.3 Å². The molecule has 6 nitrogen and oxygen atoms in total. The lowest BCUT2D eigenvalue weighted by Gasteiger charge is -2.09. The molecule has 0 aromatic carbocycles. The summed E-state index contributed by atoms with van der Waals surface area (Å²) in [5.74, 6) is 1.75. The van der Waals surface area contributed by atoms with Crippen LogP contribution in [0, 0.1) is 0 Å². The summed E-state index contributed by atoms with van der Waals surface area (Å²) in [5.41, 5.74) is 1.47. The second kappa shape index (κ2) is 7.09. The maximum absolute atomic E-state index is 4.49. The largest absolute Gasteiger partial charge is 0.368 e. The number of aromatic nitrogens is 4. The van der Waals surface area contributed by atoms with Gasteiger partial charge in [0.25, 0.3) is 0 Å². The predicted molar refractivity (Wildman–Crippen MR) is 97.7 cm³/mol. The first kappa shape index (κ1) is 15.3. The molecule has 7 heteroatoms. The molecule has 1 aliphatic rings. The molecule has 3 heterocycles. The molecule has 0 bridgehead atoms. The van der Waals surface area contributed by atoms with Crippen molar-refractivity contribution in [3.63, 3.8) is 0 Å². The van der Waals surface area contributed by atoms with Crippen molar-refractivity contribution in [2.45, 2.75) is 32.1 Å². The van der Waals surface area contributed by atoms with E-state index in [9.17, 15) is 0 Å². The first-order valence-corrected chi connectivity index (χ1v) is 9.22. The highest BCUT2D eigenvalue weighted by atomic mass is 32.1. The third kappa shape index (κ3) is 3.17. The molecule has 124 valence electrons. The Hall–Kier alpha value is -2.28. The molecule has 1 aliphatic carbocycles. The number of nitrogens with zero attached hydrogens (tertiary/aromatic N) is 4. The molecule has 3 aromatic heterocycles. The van der Waals surface area contributed by atoms with E-state index in [4.69, 9.17) is 0 Å². The van der Waals surface area contributed by atoms with Crippen molar-refractivity contribution < 1.29 is 0 Å².